The summed E-state index contributed by atoms with van der Waals surface area (Å²) in [5, 5.41) is 15.2. The highest BCUT2D eigenvalue weighted by atomic mass is 16.4. The molecule has 120 valence electrons. The highest BCUT2D eigenvalue weighted by Crippen LogP contribution is 2.38. The van der Waals surface area contributed by atoms with Crippen molar-refractivity contribution in [1.82, 2.24) is 10.6 Å². The monoisotopic (exact) mass is 296 g/mol. The number of hydrogen-bond acceptors (Lipinski definition) is 2. The Labute approximate surface area is 126 Å². The van der Waals surface area contributed by atoms with Gasteiger partial charge in [0.1, 0.15) is 0 Å². The van der Waals surface area contributed by atoms with Crippen molar-refractivity contribution in [2.24, 2.45) is 17.3 Å². The molecule has 2 fully saturated rings. The second kappa shape index (κ2) is 6.67. The van der Waals surface area contributed by atoms with E-state index in [1.165, 1.54) is 25.7 Å². The first kappa shape index (κ1) is 16.1. The van der Waals surface area contributed by atoms with E-state index in [1.54, 1.807) is 6.92 Å². The number of carbonyl (C=O) groups excluding carboxylic acids is 1. The molecule has 2 aliphatic carbocycles. The first-order valence-electron chi connectivity index (χ1n) is 8.19. The fraction of sp³-hybridized carbons (Fsp3) is 0.875. The lowest BCUT2D eigenvalue weighted by Gasteiger charge is -2.29. The molecular weight excluding hydrogens is 268 g/mol. The van der Waals surface area contributed by atoms with Gasteiger partial charge in [0, 0.05) is 12.6 Å². The molecule has 4 atom stereocenters. The number of amides is 2. The summed E-state index contributed by atoms with van der Waals surface area (Å²) < 4.78 is 0. The van der Waals surface area contributed by atoms with Crippen LogP contribution in [0.3, 0.4) is 0 Å². The van der Waals surface area contributed by atoms with E-state index in [-0.39, 0.29) is 12.1 Å². The van der Waals surface area contributed by atoms with Gasteiger partial charge in [-0.25, -0.2) is 4.79 Å². The lowest BCUT2D eigenvalue weighted by Crippen LogP contribution is -2.51. The van der Waals surface area contributed by atoms with Gasteiger partial charge in [0.2, 0.25) is 0 Å². The molecular formula is C16H28N2O3. The Kier molecular flexibility index (Phi) is 5.12. The standard InChI is InChI=1S/C16H28N2O3/c1-11-5-3-6-12(9-11)10-17-15(21)18-13-7-4-8-16(13,2)14(19)20/h11-13H,3-10H2,1-2H3,(H,19,20)(H2,17,18,21). The van der Waals surface area contributed by atoms with Crippen molar-refractivity contribution in [3.8, 4) is 0 Å². The summed E-state index contributed by atoms with van der Waals surface area (Å²) in [5.74, 6) is 0.499. The second-order valence-electron chi connectivity index (χ2n) is 7.16. The molecule has 0 aromatic carbocycles. The molecule has 2 amide bonds. The molecule has 3 N–H and O–H groups in total. The smallest absolute Gasteiger partial charge is 0.315 e. The summed E-state index contributed by atoms with van der Waals surface area (Å²) in [6.45, 7) is 4.70. The third-order valence-electron chi connectivity index (χ3n) is 5.35. The topological polar surface area (TPSA) is 78.4 Å². The molecule has 2 saturated carbocycles. The fourth-order valence-corrected chi connectivity index (χ4v) is 3.85. The Balaban J connectivity index is 1.78. The third-order valence-corrected chi connectivity index (χ3v) is 5.35. The molecule has 0 aromatic heterocycles. The van der Waals surface area contributed by atoms with Gasteiger partial charge in [-0.2, -0.15) is 0 Å². The van der Waals surface area contributed by atoms with Crippen molar-refractivity contribution in [2.45, 2.75) is 64.8 Å². The maximum Gasteiger partial charge on any atom is 0.315 e. The largest absolute Gasteiger partial charge is 0.481 e. The van der Waals surface area contributed by atoms with Crippen LogP contribution in [0.15, 0.2) is 0 Å². The van der Waals surface area contributed by atoms with Gasteiger partial charge >= 0.3 is 12.0 Å². The predicted molar refractivity (Wildman–Crippen MR) is 81.0 cm³/mol. The molecule has 0 spiro atoms. The maximum absolute atomic E-state index is 12.0. The highest BCUT2D eigenvalue weighted by Gasteiger charge is 2.45. The number of hydrogen-bond donors (Lipinski definition) is 3. The van der Waals surface area contributed by atoms with E-state index in [2.05, 4.69) is 17.6 Å². The molecule has 5 heteroatoms. The molecule has 2 aliphatic rings. The molecule has 0 aromatic rings. The molecule has 0 aliphatic heterocycles. The van der Waals surface area contributed by atoms with Gasteiger partial charge in [0.15, 0.2) is 0 Å². The van der Waals surface area contributed by atoms with Crippen LogP contribution in [0.4, 0.5) is 4.79 Å². The van der Waals surface area contributed by atoms with Crippen molar-refractivity contribution in [3.63, 3.8) is 0 Å². The van der Waals surface area contributed by atoms with Gasteiger partial charge in [0.05, 0.1) is 5.41 Å². The lowest BCUT2D eigenvalue weighted by molar-refractivity contribution is -0.148. The van der Waals surface area contributed by atoms with Gasteiger partial charge in [-0.05, 0) is 44.4 Å². The normalized spacial score (nSPS) is 36.2. The number of rotatable bonds is 4. The van der Waals surface area contributed by atoms with E-state index in [0.29, 0.717) is 18.9 Å². The Morgan fingerprint density at radius 1 is 1.24 bits per heavy atom. The summed E-state index contributed by atoms with van der Waals surface area (Å²) in [6, 6.07) is -0.479. The summed E-state index contributed by atoms with van der Waals surface area (Å²) >= 11 is 0. The first-order valence-corrected chi connectivity index (χ1v) is 8.19. The first-order chi connectivity index (χ1) is 9.91. The maximum atomic E-state index is 12.0. The van der Waals surface area contributed by atoms with Crippen LogP contribution in [0.1, 0.15) is 58.8 Å². The average molecular weight is 296 g/mol. The molecule has 0 heterocycles. The summed E-state index contributed by atoms with van der Waals surface area (Å²) in [5.41, 5.74) is -0.823. The zero-order valence-electron chi connectivity index (χ0n) is 13.2. The lowest BCUT2D eigenvalue weighted by atomic mass is 9.82. The van der Waals surface area contributed by atoms with Crippen LogP contribution in [0, 0.1) is 17.3 Å². The van der Waals surface area contributed by atoms with E-state index in [1.807, 2.05) is 0 Å². The Bertz CT molecular complexity index is 399. The van der Waals surface area contributed by atoms with Gasteiger partial charge in [-0.3, -0.25) is 4.79 Å². The Morgan fingerprint density at radius 2 is 2.00 bits per heavy atom. The molecule has 0 radical (unpaired) electrons. The number of aliphatic carboxylic acids is 1. The number of carbonyl (C=O) groups is 2. The van der Waals surface area contributed by atoms with Crippen LogP contribution in [0.25, 0.3) is 0 Å². The molecule has 2 rings (SSSR count). The fourth-order valence-electron chi connectivity index (χ4n) is 3.85. The van der Waals surface area contributed by atoms with Gasteiger partial charge < -0.3 is 15.7 Å². The quantitative estimate of drug-likeness (QED) is 0.746. The number of urea groups is 1. The van der Waals surface area contributed by atoms with Gasteiger partial charge in [-0.15, -0.1) is 0 Å². The zero-order valence-corrected chi connectivity index (χ0v) is 13.2. The zero-order chi connectivity index (χ0) is 15.5. The molecule has 4 unspecified atom stereocenters. The molecule has 0 saturated heterocycles. The van der Waals surface area contributed by atoms with Gasteiger partial charge in [0.25, 0.3) is 0 Å². The third kappa shape index (κ3) is 3.89. The minimum absolute atomic E-state index is 0.215. The van der Waals surface area contributed by atoms with E-state index >= 15 is 0 Å². The Hall–Kier alpha value is -1.26. The van der Waals surface area contributed by atoms with Crippen LogP contribution in [0.5, 0.6) is 0 Å². The predicted octanol–water partition coefficient (Wildman–Crippen LogP) is 2.76. The molecule has 21 heavy (non-hydrogen) atoms. The summed E-state index contributed by atoms with van der Waals surface area (Å²) in [4.78, 5) is 23.4. The number of nitrogens with one attached hydrogen (secondary N) is 2. The minimum atomic E-state index is -0.823. The highest BCUT2D eigenvalue weighted by molar-refractivity contribution is 5.79. The summed E-state index contributed by atoms with van der Waals surface area (Å²) in [7, 11) is 0. The second-order valence-corrected chi connectivity index (χ2v) is 7.16. The number of carboxylic acid groups (broad SMARTS) is 1. The van der Waals surface area contributed by atoms with Crippen molar-refractivity contribution >= 4 is 12.0 Å². The van der Waals surface area contributed by atoms with Crippen molar-refractivity contribution in [1.29, 1.82) is 0 Å². The SMILES string of the molecule is CC1CCCC(CNC(=O)NC2CCCC2(C)C(=O)O)C1. The minimum Gasteiger partial charge on any atom is -0.481 e. The van der Waals surface area contributed by atoms with Crippen LogP contribution >= 0.6 is 0 Å². The Morgan fingerprint density at radius 3 is 2.67 bits per heavy atom. The van der Waals surface area contributed by atoms with Crippen LogP contribution in [0.2, 0.25) is 0 Å². The van der Waals surface area contributed by atoms with Crippen LogP contribution in [-0.2, 0) is 4.79 Å². The van der Waals surface area contributed by atoms with E-state index in [9.17, 15) is 14.7 Å². The molecule has 5 nitrogen and oxygen atoms in total. The average Bonchev–Trinajstić information content (AvgIpc) is 2.79. The number of carboxylic acids is 1. The van der Waals surface area contributed by atoms with Crippen LogP contribution < -0.4 is 10.6 Å². The summed E-state index contributed by atoms with van der Waals surface area (Å²) in [6.07, 6.45) is 7.13. The van der Waals surface area contributed by atoms with E-state index in [4.69, 9.17) is 0 Å². The van der Waals surface area contributed by atoms with Gasteiger partial charge in [-0.1, -0.05) is 26.2 Å². The van der Waals surface area contributed by atoms with E-state index in [0.717, 1.165) is 18.8 Å². The van der Waals surface area contributed by atoms with Crippen molar-refractivity contribution in [3.05, 3.63) is 0 Å². The molecule has 0 bridgehead atoms. The van der Waals surface area contributed by atoms with E-state index < -0.39 is 11.4 Å². The van der Waals surface area contributed by atoms with Crippen molar-refractivity contribution in [2.75, 3.05) is 6.54 Å². The van der Waals surface area contributed by atoms with Crippen molar-refractivity contribution < 1.29 is 14.7 Å². The van der Waals surface area contributed by atoms with Crippen LogP contribution in [-0.4, -0.2) is 29.7 Å².